The van der Waals surface area contributed by atoms with Crippen LogP contribution in [0.25, 0.3) is 0 Å². The molecule has 0 aromatic heterocycles. The standard InChI is InChI=1S/C21H30N2O2/c1-15(22)19-8-4-5-13-23(19)21(25)12-11-20(24)18-10-9-16-6-2-3-7-17(16)14-18/h9-10,14-15,19H,2-8,11-13,22H2,1H3. The molecule has 0 spiro atoms. The van der Waals surface area contributed by atoms with E-state index in [2.05, 4.69) is 6.07 Å². The van der Waals surface area contributed by atoms with Crippen LogP contribution in [0.5, 0.6) is 0 Å². The second-order valence-corrected chi connectivity index (χ2v) is 7.62. The Hall–Kier alpha value is -1.68. The number of carbonyl (C=O) groups excluding carboxylic acids is 2. The Labute approximate surface area is 150 Å². The number of benzene rings is 1. The Balaban J connectivity index is 1.59. The Morgan fingerprint density at radius 1 is 1.12 bits per heavy atom. The Bertz CT molecular complexity index is 639. The summed E-state index contributed by atoms with van der Waals surface area (Å²) in [6.45, 7) is 2.74. The van der Waals surface area contributed by atoms with Gasteiger partial charge in [-0.05, 0) is 69.1 Å². The lowest BCUT2D eigenvalue weighted by molar-refractivity contribution is -0.135. The summed E-state index contributed by atoms with van der Waals surface area (Å²) < 4.78 is 0. The van der Waals surface area contributed by atoms with E-state index in [0.29, 0.717) is 12.8 Å². The van der Waals surface area contributed by atoms with E-state index in [-0.39, 0.29) is 23.8 Å². The summed E-state index contributed by atoms with van der Waals surface area (Å²) in [6.07, 6.45) is 8.36. The van der Waals surface area contributed by atoms with Crippen LogP contribution in [-0.2, 0) is 17.6 Å². The second-order valence-electron chi connectivity index (χ2n) is 7.62. The van der Waals surface area contributed by atoms with E-state index < -0.39 is 0 Å². The molecule has 1 heterocycles. The first kappa shape index (κ1) is 18.1. The maximum absolute atomic E-state index is 12.6. The average Bonchev–Trinajstić information content (AvgIpc) is 2.65. The molecule has 1 saturated heterocycles. The van der Waals surface area contributed by atoms with E-state index in [9.17, 15) is 9.59 Å². The van der Waals surface area contributed by atoms with Gasteiger partial charge in [-0.15, -0.1) is 0 Å². The summed E-state index contributed by atoms with van der Waals surface area (Å²) in [6, 6.07) is 6.19. The van der Waals surface area contributed by atoms with E-state index in [1.165, 1.54) is 24.0 Å². The number of aryl methyl sites for hydroxylation is 2. The molecule has 1 aromatic carbocycles. The third-order valence-corrected chi connectivity index (χ3v) is 5.71. The van der Waals surface area contributed by atoms with E-state index >= 15 is 0 Å². The first-order chi connectivity index (χ1) is 12.1. The van der Waals surface area contributed by atoms with Gasteiger partial charge in [0.05, 0.1) is 0 Å². The van der Waals surface area contributed by atoms with Gasteiger partial charge in [0.1, 0.15) is 0 Å². The molecule has 2 aliphatic rings. The van der Waals surface area contributed by atoms with Crippen LogP contribution in [0.15, 0.2) is 18.2 Å². The molecule has 1 fully saturated rings. The molecule has 25 heavy (non-hydrogen) atoms. The molecule has 1 aromatic rings. The van der Waals surface area contributed by atoms with Crippen molar-refractivity contribution in [1.82, 2.24) is 4.90 Å². The van der Waals surface area contributed by atoms with Crippen molar-refractivity contribution in [2.75, 3.05) is 6.54 Å². The van der Waals surface area contributed by atoms with E-state index in [1.54, 1.807) is 0 Å². The number of ketones is 1. The fraction of sp³-hybridized carbons (Fsp3) is 0.619. The smallest absolute Gasteiger partial charge is 0.223 e. The van der Waals surface area contributed by atoms with Crippen molar-refractivity contribution in [3.63, 3.8) is 0 Å². The lowest BCUT2D eigenvalue weighted by atomic mass is 9.89. The molecule has 0 bridgehead atoms. The topological polar surface area (TPSA) is 63.4 Å². The molecule has 2 atom stereocenters. The summed E-state index contributed by atoms with van der Waals surface area (Å²) in [5.74, 6) is 0.157. The number of piperidine rings is 1. The van der Waals surface area contributed by atoms with Crippen LogP contribution in [0.2, 0.25) is 0 Å². The molecule has 136 valence electrons. The minimum atomic E-state index is -0.0133. The van der Waals surface area contributed by atoms with E-state index in [0.717, 1.165) is 44.2 Å². The molecule has 4 nitrogen and oxygen atoms in total. The van der Waals surface area contributed by atoms with Gasteiger partial charge in [0.2, 0.25) is 5.91 Å². The number of nitrogens with two attached hydrogens (primary N) is 1. The van der Waals surface area contributed by atoms with Crippen LogP contribution in [0, 0.1) is 0 Å². The SMILES string of the molecule is CC(N)C1CCCCN1C(=O)CCC(=O)c1ccc2c(c1)CCCC2. The number of carbonyl (C=O) groups is 2. The zero-order valence-corrected chi connectivity index (χ0v) is 15.3. The largest absolute Gasteiger partial charge is 0.338 e. The second kappa shape index (κ2) is 8.13. The van der Waals surface area contributed by atoms with Crippen LogP contribution < -0.4 is 5.73 Å². The van der Waals surface area contributed by atoms with Crippen molar-refractivity contribution in [2.45, 2.75) is 76.8 Å². The minimum absolute atomic E-state index is 0.0133. The Morgan fingerprint density at radius 3 is 2.64 bits per heavy atom. The van der Waals surface area contributed by atoms with Gasteiger partial charge in [0.25, 0.3) is 0 Å². The molecule has 1 aliphatic carbocycles. The van der Waals surface area contributed by atoms with Crippen molar-refractivity contribution in [1.29, 1.82) is 0 Å². The van der Waals surface area contributed by atoms with Crippen molar-refractivity contribution < 1.29 is 9.59 Å². The summed E-state index contributed by atoms with van der Waals surface area (Å²) in [7, 11) is 0. The maximum atomic E-state index is 12.6. The Morgan fingerprint density at radius 2 is 1.88 bits per heavy atom. The van der Waals surface area contributed by atoms with Crippen LogP contribution in [0.4, 0.5) is 0 Å². The predicted molar refractivity (Wildman–Crippen MR) is 99.6 cm³/mol. The fourth-order valence-electron chi connectivity index (χ4n) is 4.23. The van der Waals surface area contributed by atoms with Gasteiger partial charge >= 0.3 is 0 Å². The first-order valence-corrected chi connectivity index (χ1v) is 9.76. The fourth-order valence-corrected chi connectivity index (χ4v) is 4.23. The average molecular weight is 342 g/mol. The molecule has 0 radical (unpaired) electrons. The van der Waals surface area contributed by atoms with Crippen molar-refractivity contribution >= 4 is 11.7 Å². The summed E-state index contributed by atoms with van der Waals surface area (Å²) >= 11 is 0. The van der Waals surface area contributed by atoms with Gasteiger partial charge in [-0.25, -0.2) is 0 Å². The highest BCUT2D eigenvalue weighted by atomic mass is 16.2. The molecular formula is C21H30N2O2. The highest BCUT2D eigenvalue weighted by molar-refractivity contribution is 5.98. The lowest BCUT2D eigenvalue weighted by Crippen LogP contribution is -2.51. The number of likely N-dealkylation sites (tertiary alicyclic amines) is 1. The molecule has 3 rings (SSSR count). The molecule has 2 unspecified atom stereocenters. The number of rotatable bonds is 5. The van der Waals surface area contributed by atoms with Gasteiger partial charge in [-0.1, -0.05) is 12.1 Å². The van der Waals surface area contributed by atoms with Crippen molar-refractivity contribution in [2.24, 2.45) is 5.73 Å². The summed E-state index contributed by atoms with van der Waals surface area (Å²) in [4.78, 5) is 27.0. The van der Waals surface area contributed by atoms with Crippen LogP contribution in [0.1, 0.15) is 73.4 Å². The third-order valence-electron chi connectivity index (χ3n) is 5.71. The van der Waals surface area contributed by atoms with Gasteiger partial charge in [0.15, 0.2) is 5.78 Å². The summed E-state index contributed by atoms with van der Waals surface area (Å²) in [5.41, 5.74) is 9.50. The third kappa shape index (κ3) is 4.30. The maximum Gasteiger partial charge on any atom is 0.223 e. The number of fused-ring (bicyclic) bond motifs is 1. The molecule has 1 amide bonds. The number of amides is 1. The highest BCUT2D eigenvalue weighted by Gasteiger charge is 2.29. The quantitative estimate of drug-likeness (QED) is 0.836. The molecule has 4 heteroatoms. The number of Topliss-reactive ketones (excluding diaryl/α,β-unsaturated/α-hetero) is 1. The lowest BCUT2D eigenvalue weighted by Gasteiger charge is -2.38. The van der Waals surface area contributed by atoms with Gasteiger partial charge in [0, 0.05) is 37.0 Å². The normalized spacial score (nSPS) is 21.5. The van der Waals surface area contributed by atoms with E-state index in [1.807, 2.05) is 24.0 Å². The number of nitrogens with zero attached hydrogens (tertiary/aromatic N) is 1. The predicted octanol–water partition coefficient (Wildman–Crippen LogP) is 3.26. The van der Waals surface area contributed by atoms with Gasteiger partial charge < -0.3 is 10.6 Å². The summed E-state index contributed by atoms with van der Waals surface area (Å²) in [5, 5.41) is 0. The zero-order chi connectivity index (χ0) is 17.8. The van der Waals surface area contributed by atoms with Crippen LogP contribution in [0.3, 0.4) is 0 Å². The monoisotopic (exact) mass is 342 g/mol. The first-order valence-electron chi connectivity index (χ1n) is 9.76. The van der Waals surface area contributed by atoms with Gasteiger partial charge in [-0.2, -0.15) is 0 Å². The van der Waals surface area contributed by atoms with Crippen LogP contribution in [-0.4, -0.2) is 35.2 Å². The zero-order valence-electron chi connectivity index (χ0n) is 15.3. The number of hydrogen-bond acceptors (Lipinski definition) is 3. The molecule has 0 saturated carbocycles. The molecular weight excluding hydrogens is 312 g/mol. The van der Waals surface area contributed by atoms with Gasteiger partial charge in [-0.3, -0.25) is 9.59 Å². The Kier molecular flexibility index (Phi) is 5.89. The van der Waals surface area contributed by atoms with E-state index in [4.69, 9.17) is 5.73 Å². The molecule has 1 aliphatic heterocycles. The van der Waals surface area contributed by atoms with Crippen molar-refractivity contribution in [3.8, 4) is 0 Å². The van der Waals surface area contributed by atoms with Crippen LogP contribution >= 0.6 is 0 Å². The highest BCUT2D eigenvalue weighted by Crippen LogP contribution is 2.24. The minimum Gasteiger partial charge on any atom is -0.338 e. The van der Waals surface area contributed by atoms with Crippen molar-refractivity contribution in [3.05, 3.63) is 34.9 Å². The number of hydrogen-bond donors (Lipinski definition) is 1. The molecule has 2 N–H and O–H groups in total.